The first-order chi connectivity index (χ1) is 33.5. The molecule has 0 aliphatic carbocycles. The van der Waals surface area contributed by atoms with E-state index in [0.29, 0.717) is 70.2 Å². The molecule has 72 heavy (non-hydrogen) atoms. The van der Waals surface area contributed by atoms with Gasteiger partial charge in [0.2, 0.25) is 23.8 Å². The Kier molecular flexibility index (Phi) is 25.9. The van der Waals surface area contributed by atoms with Gasteiger partial charge < -0.3 is 21.3 Å². The maximum atomic E-state index is 12.5. The molecule has 0 aliphatic heterocycles. The largest absolute Gasteiger partial charge is 0.324 e. The standard InChI is InChI=1S/C34H30N10O6S2.4CH4O3S/c1-21-35-31(39-25-9-5-3-6-10-25)43-33(37-21)41-27-17-15-23(29(19-27)51-50-49-45)13-14-24-16-18-28(20-30(24)52(46,47)48)42-34-38-22(2)36-32(44-34)40-26-11-7-4-8-12-26;3*1-5(2,3)4;1-5-4-3-2/h3-20,45H,1-2H3,(H,46,47,48)(H2,35,37,39,41,43)(H2,36,38,40,42,44);3*1H3,(H,2,3,4);2H,1H3/b14-13+;;;;. The Morgan fingerprint density at radius 1 is 0.486 bits per heavy atom. The first-order valence-corrected chi connectivity index (χ1v) is 27.9. The van der Waals surface area contributed by atoms with Crippen LogP contribution in [0.4, 0.5) is 46.5 Å². The molecular weight excluding hydrogens is 1080 g/mol. The van der Waals surface area contributed by atoms with E-state index < -0.39 is 40.5 Å². The minimum atomic E-state index is -4.68. The number of rotatable bonds is 16. The summed E-state index contributed by atoms with van der Waals surface area (Å²) in [5.74, 6) is 1.96. The second kappa shape index (κ2) is 30.1. The van der Waals surface area contributed by atoms with Crippen LogP contribution in [0.25, 0.3) is 12.2 Å². The zero-order valence-electron chi connectivity index (χ0n) is 38.1. The van der Waals surface area contributed by atoms with Crippen molar-refractivity contribution < 1.29 is 81.1 Å². The van der Waals surface area contributed by atoms with Gasteiger partial charge in [0.05, 0.1) is 30.8 Å². The summed E-state index contributed by atoms with van der Waals surface area (Å²) in [5, 5.41) is 35.5. The number of aromatic nitrogens is 6. The summed E-state index contributed by atoms with van der Waals surface area (Å²) in [4.78, 5) is 26.2. The van der Waals surface area contributed by atoms with E-state index in [1.165, 1.54) is 18.2 Å². The van der Waals surface area contributed by atoms with Crippen molar-refractivity contribution in [3.05, 3.63) is 120 Å². The molecule has 0 saturated carbocycles. The van der Waals surface area contributed by atoms with Gasteiger partial charge in [0.25, 0.3) is 40.5 Å². The summed E-state index contributed by atoms with van der Waals surface area (Å²) < 4.78 is 121. The van der Waals surface area contributed by atoms with Crippen LogP contribution in [0.2, 0.25) is 0 Å². The SMILES string of the molecule is CS(=O)(=O)O.CS(=O)(=O)O.CS(=O)(=O)O.CSOOO.Cc1nc(Nc2ccccc2)nc(Nc2ccc(/C=C/c3ccc(Nc4nc(C)nc(Nc5ccccc5)n4)cc3S(=O)(=O)O)c(SOOO)c2)n1. The monoisotopic (exact) mass is 1120 g/mol. The maximum Gasteiger partial charge on any atom is 0.295 e. The van der Waals surface area contributed by atoms with E-state index in [2.05, 4.69) is 65.6 Å². The molecule has 0 aliphatic rings. The van der Waals surface area contributed by atoms with Crippen molar-refractivity contribution in [1.29, 1.82) is 0 Å². The molecule has 2 heterocycles. The number of nitrogens with one attached hydrogen (secondary N) is 4. The van der Waals surface area contributed by atoms with E-state index in [4.69, 9.17) is 28.5 Å². The summed E-state index contributed by atoms with van der Waals surface area (Å²) in [5.41, 5.74) is 3.17. The summed E-state index contributed by atoms with van der Waals surface area (Å²) in [7, 11) is -15.7. The van der Waals surface area contributed by atoms with Crippen molar-refractivity contribution in [3.8, 4) is 0 Å². The average Bonchev–Trinajstić information content (AvgIpc) is 3.24. The number of hydrogen-bond donors (Lipinski definition) is 10. The second-order valence-electron chi connectivity index (χ2n) is 13.3. The van der Waals surface area contributed by atoms with Gasteiger partial charge in [0.15, 0.2) is 0 Å². The van der Waals surface area contributed by atoms with Crippen molar-refractivity contribution >= 4 is 123 Å². The van der Waals surface area contributed by atoms with Crippen LogP contribution in [-0.4, -0.2) is 117 Å². The Morgan fingerprint density at radius 3 is 1.18 bits per heavy atom. The van der Waals surface area contributed by atoms with Gasteiger partial charge in [0.1, 0.15) is 16.5 Å². The van der Waals surface area contributed by atoms with Crippen molar-refractivity contribution in [1.82, 2.24) is 29.9 Å². The summed E-state index contributed by atoms with van der Waals surface area (Å²) >= 11 is 1.63. The predicted octanol–water partition coefficient (Wildman–Crippen LogP) is 6.69. The smallest absolute Gasteiger partial charge is 0.295 e. The summed E-state index contributed by atoms with van der Waals surface area (Å²) in [6.07, 6.45) is 6.88. The van der Waals surface area contributed by atoms with Crippen LogP contribution in [0.3, 0.4) is 0 Å². The number of benzene rings is 4. The van der Waals surface area contributed by atoms with Crippen LogP contribution >= 0.6 is 24.1 Å². The fourth-order valence-electron chi connectivity index (χ4n) is 4.80. The third kappa shape index (κ3) is 29.3. The molecule has 6 aromatic rings. The van der Waals surface area contributed by atoms with E-state index in [9.17, 15) is 38.2 Å². The average molecular weight is 1120 g/mol. The number of para-hydroxylation sites is 2. The fourth-order valence-corrected chi connectivity index (χ4v) is 6.09. The minimum absolute atomic E-state index is 0.160. The molecule has 28 nitrogen and oxygen atoms in total. The van der Waals surface area contributed by atoms with E-state index in [0.717, 1.165) is 23.4 Å². The molecule has 2 aromatic heterocycles. The van der Waals surface area contributed by atoms with E-state index >= 15 is 0 Å². The molecule has 0 spiro atoms. The molecule has 0 atom stereocenters. The lowest BCUT2D eigenvalue weighted by molar-refractivity contribution is -0.432. The Bertz CT molecular complexity index is 3050. The Balaban J connectivity index is 0.000000752. The molecule has 0 radical (unpaired) electrons. The van der Waals surface area contributed by atoms with Gasteiger partial charge in [-0.05, 0) is 73.5 Å². The molecule has 0 saturated heterocycles. The topological polar surface area (TPSA) is 420 Å². The quantitative estimate of drug-likeness (QED) is 0.0158. The number of anilines is 8. The third-order valence-corrected chi connectivity index (χ3v) is 8.84. The molecular formula is C38H46N10O18S6. The molecule has 0 bridgehead atoms. The van der Waals surface area contributed by atoms with Gasteiger partial charge in [0, 0.05) is 45.9 Å². The molecule has 0 unspecified atom stereocenters. The van der Waals surface area contributed by atoms with Crippen molar-refractivity contribution in [2.24, 2.45) is 0 Å². The molecule has 4 aromatic carbocycles. The Hall–Kier alpha value is -6.06. The van der Waals surface area contributed by atoms with Gasteiger partial charge in [-0.25, -0.2) is 10.5 Å². The molecule has 0 fully saturated rings. The van der Waals surface area contributed by atoms with Crippen LogP contribution in [0.5, 0.6) is 0 Å². The highest BCUT2D eigenvalue weighted by molar-refractivity contribution is 7.94. The van der Waals surface area contributed by atoms with E-state index in [1.807, 2.05) is 60.7 Å². The Labute approximate surface area is 421 Å². The van der Waals surface area contributed by atoms with Gasteiger partial charge >= 0.3 is 0 Å². The van der Waals surface area contributed by atoms with Crippen molar-refractivity contribution in [2.45, 2.75) is 23.6 Å². The number of aryl methyl sites for hydroxylation is 2. The van der Waals surface area contributed by atoms with Crippen LogP contribution < -0.4 is 21.3 Å². The second-order valence-corrected chi connectivity index (χ2v) is 20.3. The minimum Gasteiger partial charge on any atom is -0.324 e. The van der Waals surface area contributed by atoms with Gasteiger partial charge in [-0.2, -0.15) is 63.6 Å². The van der Waals surface area contributed by atoms with Gasteiger partial charge in [-0.1, -0.05) is 70.8 Å². The summed E-state index contributed by atoms with van der Waals surface area (Å²) in [6.45, 7) is 3.43. The fraction of sp³-hybridized carbons (Fsp3) is 0.158. The lowest BCUT2D eigenvalue weighted by Crippen LogP contribution is -2.06. The summed E-state index contributed by atoms with van der Waals surface area (Å²) in [6, 6.07) is 28.3. The van der Waals surface area contributed by atoms with Crippen LogP contribution in [0.1, 0.15) is 22.8 Å². The normalized spacial score (nSPS) is 11.2. The highest BCUT2D eigenvalue weighted by atomic mass is 32.2. The molecule has 10 N–H and O–H groups in total. The van der Waals surface area contributed by atoms with Crippen LogP contribution in [0.15, 0.2) is 107 Å². The van der Waals surface area contributed by atoms with Crippen LogP contribution in [0, 0.1) is 13.8 Å². The molecule has 0 amide bonds. The maximum absolute atomic E-state index is 12.5. The lowest BCUT2D eigenvalue weighted by Gasteiger charge is -2.12. The number of hydrogen-bond acceptors (Lipinski definition) is 26. The first-order valence-electron chi connectivity index (χ1n) is 19.0. The first kappa shape index (κ1) is 62.1. The van der Waals surface area contributed by atoms with Crippen molar-refractivity contribution in [2.75, 3.05) is 46.3 Å². The zero-order chi connectivity index (χ0) is 54.1. The molecule has 6 rings (SSSR count). The highest BCUT2D eigenvalue weighted by Crippen LogP contribution is 2.31. The Morgan fingerprint density at radius 2 is 0.833 bits per heavy atom. The lowest BCUT2D eigenvalue weighted by atomic mass is 10.1. The van der Waals surface area contributed by atoms with Gasteiger partial charge in [-0.15, -0.1) is 8.67 Å². The van der Waals surface area contributed by atoms with Gasteiger partial charge in [-0.3, -0.25) is 18.2 Å². The highest BCUT2D eigenvalue weighted by Gasteiger charge is 2.17. The third-order valence-electron chi connectivity index (χ3n) is 7.07. The van der Waals surface area contributed by atoms with Crippen LogP contribution in [-0.2, 0) is 59.2 Å². The zero-order valence-corrected chi connectivity index (χ0v) is 43.0. The number of nitrogens with zero attached hydrogens (tertiary/aromatic N) is 6. The van der Waals surface area contributed by atoms with E-state index in [1.54, 1.807) is 50.4 Å². The molecule has 34 heteroatoms. The van der Waals surface area contributed by atoms with E-state index in [-0.39, 0.29) is 28.3 Å². The molecule has 392 valence electrons. The predicted molar refractivity (Wildman–Crippen MR) is 268 cm³/mol. The van der Waals surface area contributed by atoms with Crippen molar-refractivity contribution in [3.63, 3.8) is 0 Å².